The topological polar surface area (TPSA) is 64.1 Å². The van der Waals surface area contributed by atoms with Crippen molar-refractivity contribution in [2.45, 2.75) is 63.5 Å². The molecule has 3 nitrogen and oxygen atoms in total. The van der Waals surface area contributed by atoms with Crippen molar-refractivity contribution in [3.05, 3.63) is 0 Å². The van der Waals surface area contributed by atoms with E-state index in [0.717, 1.165) is 13.1 Å². The molecule has 0 radical (unpaired) electrons. The van der Waals surface area contributed by atoms with Crippen LogP contribution in [0.5, 0.6) is 0 Å². The van der Waals surface area contributed by atoms with Gasteiger partial charge in [0, 0.05) is 12.1 Å². The van der Waals surface area contributed by atoms with E-state index < -0.39 is 0 Å². The summed E-state index contributed by atoms with van der Waals surface area (Å²) in [4.78, 5) is 0. The normalized spacial score (nSPS) is 39.2. The highest BCUT2D eigenvalue weighted by molar-refractivity contribution is 4.89. The molecule has 4 unspecified atom stereocenters. The average Bonchev–Trinajstić information content (AvgIpc) is 2.40. The van der Waals surface area contributed by atoms with Crippen molar-refractivity contribution in [1.29, 1.82) is 0 Å². The Hall–Kier alpha value is -0.120. The van der Waals surface area contributed by atoms with Gasteiger partial charge in [-0.25, -0.2) is 0 Å². The van der Waals surface area contributed by atoms with Gasteiger partial charge in [0.15, 0.2) is 0 Å². The van der Waals surface area contributed by atoms with Crippen LogP contribution < -0.4 is 16.8 Å². The van der Waals surface area contributed by atoms with Gasteiger partial charge in [0.25, 0.3) is 0 Å². The minimum atomic E-state index is 0.658. The van der Waals surface area contributed by atoms with E-state index in [-0.39, 0.29) is 0 Å². The molecule has 0 saturated heterocycles. The molecule has 2 rings (SSSR count). The molecule has 0 spiro atoms. The Kier molecular flexibility index (Phi) is 5.26. The fourth-order valence-electron chi connectivity index (χ4n) is 3.69. The van der Waals surface area contributed by atoms with Gasteiger partial charge in [-0.3, -0.25) is 0 Å². The number of rotatable bonds is 4. The van der Waals surface area contributed by atoms with Gasteiger partial charge in [-0.2, -0.15) is 0 Å². The van der Waals surface area contributed by atoms with Crippen molar-refractivity contribution in [3.8, 4) is 0 Å². The maximum Gasteiger partial charge on any atom is 0.0110 e. The lowest BCUT2D eigenvalue weighted by Gasteiger charge is -2.39. The van der Waals surface area contributed by atoms with E-state index in [9.17, 15) is 0 Å². The molecule has 3 heteroatoms. The number of nitrogens with two attached hydrogens (primary N) is 2. The Bertz CT molecular complexity index is 198. The fourth-order valence-corrected chi connectivity index (χ4v) is 3.69. The zero-order valence-corrected chi connectivity index (χ0v) is 11.0. The summed E-state index contributed by atoms with van der Waals surface area (Å²) >= 11 is 0. The van der Waals surface area contributed by atoms with E-state index in [0.29, 0.717) is 23.9 Å². The van der Waals surface area contributed by atoms with E-state index in [2.05, 4.69) is 5.32 Å². The fraction of sp³-hybridized carbons (Fsp3) is 1.00. The molecular weight excluding hydrogens is 210 g/mol. The zero-order valence-electron chi connectivity index (χ0n) is 11.0. The van der Waals surface area contributed by atoms with Crippen LogP contribution in [0.25, 0.3) is 0 Å². The Labute approximate surface area is 106 Å². The molecular formula is C14H29N3. The highest BCUT2D eigenvalue weighted by Crippen LogP contribution is 2.28. The molecule has 0 aromatic rings. The quantitative estimate of drug-likeness (QED) is 0.698. The summed E-state index contributed by atoms with van der Waals surface area (Å²) in [6.07, 6.45) is 10.7. The molecule has 0 aromatic carbocycles. The first-order chi connectivity index (χ1) is 8.35. The molecule has 0 amide bonds. The molecule has 0 heterocycles. The highest BCUT2D eigenvalue weighted by Gasteiger charge is 2.30. The van der Waals surface area contributed by atoms with E-state index in [1.54, 1.807) is 0 Å². The summed E-state index contributed by atoms with van der Waals surface area (Å²) in [6.45, 7) is 1.69. The Morgan fingerprint density at radius 2 is 1.12 bits per heavy atom. The van der Waals surface area contributed by atoms with E-state index in [4.69, 9.17) is 11.5 Å². The third kappa shape index (κ3) is 3.43. The van der Waals surface area contributed by atoms with Crippen molar-refractivity contribution in [2.24, 2.45) is 23.3 Å². The molecule has 2 aliphatic rings. The third-order valence-electron chi connectivity index (χ3n) is 4.85. The molecule has 5 N–H and O–H groups in total. The first kappa shape index (κ1) is 13.3. The van der Waals surface area contributed by atoms with E-state index in [1.807, 2.05) is 0 Å². The van der Waals surface area contributed by atoms with Gasteiger partial charge in [-0.15, -0.1) is 0 Å². The SMILES string of the molecule is NCC1CCCCC1NC1CCCCC1CN. The number of nitrogens with one attached hydrogen (secondary N) is 1. The zero-order chi connectivity index (χ0) is 12.1. The molecule has 2 aliphatic carbocycles. The second kappa shape index (κ2) is 6.72. The maximum absolute atomic E-state index is 5.90. The van der Waals surface area contributed by atoms with Gasteiger partial charge in [-0.1, -0.05) is 25.7 Å². The van der Waals surface area contributed by atoms with Crippen molar-refractivity contribution >= 4 is 0 Å². The Balaban J connectivity index is 1.88. The number of hydrogen-bond acceptors (Lipinski definition) is 3. The van der Waals surface area contributed by atoms with Crippen LogP contribution in [0.1, 0.15) is 51.4 Å². The van der Waals surface area contributed by atoms with Crippen LogP contribution in [-0.4, -0.2) is 25.2 Å². The smallest absolute Gasteiger partial charge is 0.0110 e. The minimum Gasteiger partial charge on any atom is -0.330 e. The summed E-state index contributed by atoms with van der Waals surface area (Å²) < 4.78 is 0. The summed E-state index contributed by atoms with van der Waals surface area (Å²) in [6, 6.07) is 1.32. The van der Waals surface area contributed by atoms with Gasteiger partial charge >= 0.3 is 0 Å². The molecule has 0 aliphatic heterocycles. The molecule has 2 saturated carbocycles. The van der Waals surface area contributed by atoms with Crippen LogP contribution in [0.2, 0.25) is 0 Å². The van der Waals surface area contributed by atoms with Crippen molar-refractivity contribution in [3.63, 3.8) is 0 Å². The lowest BCUT2D eigenvalue weighted by molar-refractivity contribution is 0.190. The van der Waals surface area contributed by atoms with Gasteiger partial charge in [0.05, 0.1) is 0 Å². The van der Waals surface area contributed by atoms with Crippen molar-refractivity contribution in [1.82, 2.24) is 5.32 Å². The van der Waals surface area contributed by atoms with Gasteiger partial charge in [0.1, 0.15) is 0 Å². The first-order valence-corrected chi connectivity index (χ1v) is 7.51. The highest BCUT2D eigenvalue weighted by atomic mass is 15.0. The molecule has 0 bridgehead atoms. The molecule has 100 valence electrons. The van der Waals surface area contributed by atoms with Gasteiger partial charge in [0.2, 0.25) is 0 Å². The maximum atomic E-state index is 5.90. The molecule has 2 fully saturated rings. The van der Waals surface area contributed by atoms with Gasteiger partial charge in [-0.05, 0) is 50.6 Å². The summed E-state index contributed by atoms with van der Waals surface area (Å²) in [5, 5.41) is 3.90. The largest absolute Gasteiger partial charge is 0.330 e. The molecule has 17 heavy (non-hydrogen) atoms. The molecule has 0 aromatic heterocycles. The second-order valence-electron chi connectivity index (χ2n) is 5.94. The van der Waals surface area contributed by atoms with E-state index >= 15 is 0 Å². The van der Waals surface area contributed by atoms with Crippen LogP contribution in [0.4, 0.5) is 0 Å². The number of hydrogen-bond donors (Lipinski definition) is 3. The van der Waals surface area contributed by atoms with Crippen LogP contribution in [0.3, 0.4) is 0 Å². The van der Waals surface area contributed by atoms with Crippen molar-refractivity contribution in [2.75, 3.05) is 13.1 Å². The van der Waals surface area contributed by atoms with Gasteiger partial charge < -0.3 is 16.8 Å². The van der Waals surface area contributed by atoms with Crippen LogP contribution in [-0.2, 0) is 0 Å². The van der Waals surface area contributed by atoms with E-state index in [1.165, 1.54) is 51.4 Å². The predicted molar refractivity (Wildman–Crippen MR) is 72.7 cm³/mol. The monoisotopic (exact) mass is 239 g/mol. The molecule has 4 atom stereocenters. The first-order valence-electron chi connectivity index (χ1n) is 7.51. The lowest BCUT2D eigenvalue weighted by atomic mass is 9.80. The third-order valence-corrected chi connectivity index (χ3v) is 4.85. The predicted octanol–water partition coefficient (Wildman–Crippen LogP) is 1.61. The lowest BCUT2D eigenvalue weighted by Crippen LogP contribution is -2.51. The van der Waals surface area contributed by atoms with Crippen LogP contribution in [0.15, 0.2) is 0 Å². The average molecular weight is 239 g/mol. The Morgan fingerprint density at radius 3 is 1.53 bits per heavy atom. The standard InChI is InChI=1S/C14H29N3/c15-9-11-5-1-3-7-13(11)17-14-8-4-2-6-12(14)10-16/h11-14,17H,1-10,15-16H2. The summed E-state index contributed by atoms with van der Waals surface area (Å²) in [7, 11) is 0. The van der Waals surface area contributed by atoms with Crippen LogP contribution in [0, 0.1) is 11.8 Å². The summed E-state index contributed by atoms with van der Waals surface area (Å²) in [5.41, 5.74) is 11.8. The summed E-state index contributed by atoms with van der Waals surface area (Å²) in [5.74, 6) is 1.40. The van der Waals surface area contributed by atoms with Crippen molar-refractivity contribution < 1.29 is 0 Å². The minimum absolute atomic E-state index is 0.658. The Morgan fingerprint density at radius 1 is 0.706 bits per heavy atom. The van der Waals surface area contributed by atoms with Crippen LogP contribution >= 0.6 is 0 Å². The second-order valence-corrected chi connectivity index (χ2v) is 5.94.